The number of aliphatic hydroxyl groups is 2. The van der Waals surface area contributed by atoms with Gasteiger partial charge in [0, 0.05) is 6.42 Å². The van der Waals surface area contributed by atoms with E-state index in [1.54, 1.807) is 6.08 Å². The molecule has 0 aromatic heterocycles. The summed E-state index contributed by atoms with van der Waals surface area (Å²) < 4.78 is 0. The second kappa shape index (κ2) is 59.8. The smallest absolute Gasteiger partial charge is 0.220 e. The van der Waals surface area contributed by atoms with Crippen LogP contribution >= 0.6 is 0 Å². The Bertz CT molecular complexity index is 1620. The third kappa shape index (κ3) is 56.3. The van der Waals surface area contributed by atoms with Gasteiger partial charge >= 0.3 is 0 Å². The van der Waals surface area contributed by atoms with Crippen molar-refractivity contribution in [1.82, 2.24) is 5.32 Å². The van der Waals surface area contributed by atoms with Crippen LogP contribution in [0.2, 0.25) is 0 Å². The van der Waals surface area contributed by atoms with E-state index in [9.17, 15) is 15.0 Å². The molecule has 396 valence electrons. The minimum absolute atomic E-state index is 0.128. The Morgan fingerprint density at radius 2 is 0.634 bits per heavy atom. The summed E-state index contributed by atoms with van der Waals surface area (Å²) in [5.41, 5.74) is 0. The molecule has 4 heteroatoms. The van der Waals surface area contributed by atoms with E-state index in [-0.39, 0.29) is 12.5 Å². The van der Waals surface area contributed by atoms with Crippen LogP contribution in [0.3, 0.4) is 0 Å². The molecule has 0 fully saturated rings. The molecule has 4 nitrogen and oxygen atoms in total. The number of amides is 1. The lowest BCUT2D eigenvalue weighted by atomic mass is 10.1. The fourth-order valence-electron chi connectivity index (χ4n) is 7.31. The van der Waals surface area contributed by atoms with Gasteiger partial charge in [0.05, 0.1) is 18.8 Å². The molecule has 1 amide bonds. The molecule has 0 spiro atoms. The molecule has 0 saturated carbocycles. The van der Waals surface area contributed by atoms with Crippen molar-refractivity contribution in [3.63, 3.8) is 0 Å². The number of nitrogens with one attached hydrogen (secondary N) is 1. The Hall–Kier alpha value is -4.51. The van der Waals surface area contributed by atoms with Gasteiger partial charge in [-0.1, -0.05) is 254 Å². The van der Waals surface area contributed by atoms with E-state index in [0.717, 1.165) is 122 Å². The van der Waals surface area contributed by atoms with Crippen molar-refractivity contribution >= 4 is 5.91 Å². The van der Waals surface area contributed by atoms with E-state index in [4.69, 9.17) is 0 Å². The molecule has 0 aliphatic heterocycles. The highest BCUT2D eigenvalue weighted by Crippen LogP contribution is 2.12. The van der Waals surface area contributed by atoms with Gasteiger partial charge in [-0.25, -0.2) is 0 Å². The summed E-state index contributed by atoms with van der Waals surface area (Å²) in [6, 6.07) is -0.684. The maximum absolute atomic E-state index is 12.4. The van der Waals surface area contributed by atoms with Gasteiger partial charge in [-0.3, -0.25) is 4.79 Å². The number of unbranched alkanes of at least 4 members (excludes halogenated alkanes) is 14. The van der Waals surface area contributed by atoms with Gasteiger partial charge < -0.3 is 15.5 Å². The molecular weight excluding hydrogens is 867 g/mol. The zero-order valence-electron chi connectivity index (χ0n) is 45.4. The molecule has 0 rings (SSSR count). The van der Waals surface area contributed by atoms with E-state index in [1.807, 2.05) is 6.08 Å². The Labute approximate surface area is 438 Å². The molecule has 0 bridgehead atoms. The summed E-state index contributed by atoms with van der Waals surface area (Å²) in [6.07, 6.45) is 99.0. The predicted octanol–water partition coefficient (Wildman–Crippen LogP) is 19.3. The lowest BCUT2D eigenvalue weighted by Gasteiger charge is -2.19. The maximum atomic E-state index is 12.4. The molecular formula is C67H105NO3. The molecule has 2 unspecified atom stereocenters. The first-order valence-electron chi connectivity index (χ1n) is 28.5. The number of carbonyl (C=O) groups excluding carboxylic acids is 1. The standard InChI is InChI=1S/C67H105NO3/c1-3-5-7-9-11-13-15-17-19-21-23-25-26-27-28-29-30-31-32-33-34-35-36-37-38-39-40-41-42-43-45-47-49-51-53-55-57-59-61-63-67(71)68-65(64-69)66(70)62-60-58-56-54-52-50-48-46-44-24-22-20-18-16-14-12-10-8-6-4-2/h5,7,11,13,17,19,23,25,27-28,30-31,33-34,36-37,39-40,42-44,46-47,49,52-55,60,62,65-66,69-70H,3-4,6,8-10,12,14-16,18,20-22,24,26,29,32,35,38,41,45,48,50-51,56-59,61,63-64H2,1-2H3,(H,68,71)/b7-5-,13-11-,19-17-,25-23-,28-27-,31-30-,34-33-,37-36-,40-39-,43-42-,46-44+,49-47-,54-52+,55-53-,62-60+. The van der Waals surface area contributed by atoms with E-state index < -0.39 is 12.1 Å². The highest BCUT2D eigenvalue weighted by molar-refractivity contribution is 5.76. The number of rotatable bonds is 49. The van der Waals surface area contributed by atoms with Gasteiger partial charge in [-0.05, 0) is 135 Å². The van der Waals surface area contributed by atoms with E-state index in [1.165, 1.54) is 70.6 Å². The molecule has 3 N–H and O–H groups in total. The lowest BCUT2D eigenvalue weighted by Crippen LogP contribution is -2.45. The van der Waals surface area contributed by atoms with Crippen LogP contribution < -0.4 is 5.32 Å². The molecule has 0 aliphatic carbocycles. The van der Waals surface area contributed by atoms with E-state index in [0.29, 0.717) is 6.42 Å². The summed E-state index contributed by atoms with van der Waals surface area (Å²) in [4.78, 5) is 12.4. The van der Waals surface area contributed by atoms with Crippen LogP contribution in [-0.4, -0.2) is 34.9 Å². The van der Waals surface area contributed by atoms with Crippen molar-refractivity contribution in [1.29, 1.82) is 0 Å². The Morgan fingerprint density at radius 3 is 0.986 bits per heavy atom. The summed E-state index contributed by atoms with van der Waals surface area (Å²) in [5.74, 6) is -0.128. The monoisotopic (exact) mass is 972 g/mol. The maximum Gasteiger partial charge on any atom is 0.220 e. The molecule has 2 atom stereocenters. The van der Waals surface area contributed by atoms with Gasteiger partial charge in [0.1, 0.15) is 0 Å². The van der Waals surface area contributed by atoms with Gasteiger partial charge in [-0.2, -0.15) is 0 Å². The highest BCUT2D eigenvalue weighted by atomic mass is 16.3. The van der Waals surface area contributed by atoms with Gasteiger partial charge in [0.15, 0.2) is 0 Å². The summed E-state index contributed by atoms with van der Waals surface area (Å²) in [6.45, 7) is 4.15. The van der Waals surface area contributed by atoms with Crippen LogP contribution in [0.5, 0.6) is 0 Å². The summed E-state index contributed by atoms with van der Waals surface area (Å²) >= 11 is 0. The normalized spacial score (nSPS) is 14.3. The van der Waals surface area contributed by atoms with Crippen LogP contribution in [0.25, 0.3) is 0 Å². The predicted molar refractivity (Wildman–Crippen MR) is 317 cm³/mol. The zero-order valence-corrected chi connectivity index (χ0v) is 45.4. The minimum atomic E-state index is -0.903. The highest BCUT2D eigenvalue weighted by Gasteiger charge is 2.17. The molecule has 0 heterocycles. The van der Waals surface area contributed by atoms with Crippen LogP contribution in [0.4, 0.5) is 0 Å². The fourth-order valence-corrected chi connectivity index (χ4v) is 7.31. The van der Waals surface area contributed by atoms with Crippen LogP contribution in [0.15, 0.2) is 182 Å². The number of hydrogen-bond donors (Lipinski definition) is 3. The lowest BCUT2D eigenvalue weighted by molar-refractivity contribution is -0.123. The number of hydrogen-bond acceptors (Lipinski definition) is 3. The first kappa shape index (κ1) is 66.5. The fraction of sp³-hybridized carbons (Fsp3) is 0.537. The molecule has 71 heavy (non-hydrogen) atoms. The first-order valence-corrected chi connectivity index (χ1v) is 28.5. The van der Waals surface area contributed by atoms with Crippen molar-refractivity contribution < 1.29 is 15.0 Å². The third-order valence-corrected chi connectivity index (χ3v) is 11.6. The Morgan fingerprint density at radius 1 is 0.352 bits per heavy atom. The first-order chi connectivity index (χ1) is 35.2. The quantitative estimate of drug-likeness (QED) is 0.0420. The van der Waals surface area contributed by atoms with Crippen LogP contribution in [-0.2, 0) is 4.79 Å². The van der Waals surface area contributed by atoms with Gasteiger partial charge in [0.25, 0.3) is 0 Å². The van der Waals surface area contributed by atoms with Gasteiger partial charge in [-0.15, -0.1) is 0 Å². The second-order valence-corrected chi connectivity index (χ2v) is 18.2. The van der Waals surface area contributed by atoms with Crippen molar-refractivity contribution in [3.05, 3.63) is 182 Å². The summed E-state index contributed by atoms with van der Waals surface area (Å²) in [7, 11) is 0. The largest absolute Gasteiger partial charge is 0.394 e. The minimum Gasteiger partial charge on any atom is -0.394 e. The second-order valence-electron chi connectivity index (χ2n) is 18.2. The molecule has 0 radical (unpaired) electrons. The van der Waals surface area contributed by atoms with Crippen molar-refractivity contribution in [2.45, 2.75) is 225 Å². The van der Waals surface area contributed by atoms with Crippen LogP contribution in [0, 0.1) is 0 Å². The van der Waals surface area contributed by atoms with Gasteiger partial charge in [0.2, 0.25) is 5.91 Å². The average molecular weight is 973 g/mol. The zero-order chi connectivity index (χ0) is 51.3. The topological polar surface area (TPSA) is 69.6 Å². The number of aliphatic hydroxyl groups excluding tert-OH is 2. The molecule has 0 aliphatic rings. The Balaban J connectivity index is 3.79. The molecule has 0 saturated heterocycles. The van der Waals surface area contributed by atoms with E-state index in [2.05, 4.69) is 189 Å². The third-order valence-electron chi connectivity index (χ3n) is 11.6. The SMILES string of the molecule is CC/C=C\C/C=C\C/C=C\C/C=C\C/C=C\C/C=C\C/C=C\C/C=C\C/C=C\C/C=C\C/C=C\C/C=C\CCCCC(=O)NC(CO)C(O)/C=C/CC/C=C/CC/C=C/CCCCCCCCCCCC. The van der Waals surface area contributed by atoms with Crippen LogP contribution in [0.1, 0.15) is 213 Å². The van der Waals surface area contributed by atoms with Crippen molar-refractivity contribution in [2.75, 3.05) is 6.61 Å². The number of carbonyl (C=O) groups is 1. The molecule has 0 aromatic rings. The average Bonchev–Trinajstić information content (AvgIpc) is 3.37. The Kier molecular flexibility index (Phi) is 56.0. The van der Waals surface area contributed by atoms with E-state index >= 15 is 0 Å². The number of allylic oxidation sites excluding steroid dienone is 29. The van der Waals surface area contributed by atoms with Crippen molar-refractivity contribution in [3.8, 4) is 0 Å². The molecule has 0 aromatic carbocycles. The summed E-state index contributed by atoms with van der Waals surface area (Å²) in [5, 5.41) is 23.1. The van der Waals surface area contributed by atoms with Crippen molar-refractivity contribution in [2.24, 2.45) is 0 Å².